The number of hydrogen-bond donors (Lipinski definition) is 3. The molecule has 11 heteroatoms. The normalized spacial score (nSPS) is 22.7. The van der Waals surface area contributed by atoms with E-state index >= 15 is 0 Å². The van der Waals surface area contributed by atoms with Crippen LogP contribution in [0.5, 0.6) is 0 Å². The SMILES string of the molecule is O=c1[nH]c2ccc(NCC3CC4(CCN(c5ncnc6sc(CC(F)(F)F)cc56)C4)C3)cc2[nH]1. The monoisotopic (exact) mass is 488 g/mol. The van der Waals surface area contributed by atoms with E-state index in [1.807, 2.05) is 18.2 Å². The van der Waals surface area contributed by atoms with Gasteiger partial charge in [0.05, 0.1) is 22.8 Å². The third-order valence-electron chi connectivity index (χ3n) is 7.03. The molecule has 1 spiro atoms. The van der Waals surface area contributed by atoms with Crippen LogP contribution >= 0.6 is 11.3 Å². The summed E-state index contributed by atoms with van der Waals surface area (Å²) in [6.07, 6.45) is -0.428. The van der Waals surface area contributed by atoms with Crippen LogP contribution in [-0.4, -0.2) is 45.7 Å². The minimum atomic E-state index is -4.23. The number of nitrogens with zero attached hydrogens (tertiary/aromatic N) is 3. The molecule has 1 saturated heterocycles. The molecule has 2 fully saturated rings. The summed E-state index contributed by atoms with van der Waals surface area (Å²) in [5.74, 6) is 1.31. The Kier molecular flexibility index (Phi) is 4.87. The van der Waals surface area contributed by atoms with Gasteiger partial charge in [0, 0.05) is 30.2 Å². The molecule has 0 atom stereocenters. The van der Waals surface area contributed by atoms with Gasteiger partial charge in [0.25, 0.3) is 0 Å². The van der Waals surface area contributed by atoms with Crippen LogP contribution in [0, 0.1) is 11.3 Å². The van der Waals surface area contributed by atoms with Crippen molar-refractivity contribution in [2.45, 2.75) is 31.9 Å². The lowest BCUT2D eigenvalue weighted by atomic mass is 9.61. The van der Waals surface area contributed by atoms with Crippen LogP contribution < -0.4 is 15.9 Å². The first-order valence-corrected chi connectivity index (χ1v) is 12.1. The molecule has 6 rings (SSSR count). The molecule has 0 unspecified atom stereocenters. The first-order chi connectivity index (χ1) is 16.3. The highest BCUT2D eigenvalue weighted by Gasteiger charge is 2.48. The van der Waals surface area contributed by atoms with E-state index in [0.717, 1.165) is 78.2 Å². The Morgan fingerprint density at radius 1 is 1.18 bits per heavy atom. The molecule has 7 nitrogen and oxygen atoms in total. The van der Waals surface area contributed by atoms with Gasteiger partial charge in [0.2, 0.25) is 0 Å². The molecule has 0 amide bonds. The van der Waals surface area contributed by atoms with Gasteiger partial charge in [-0.05, 0) is 54.9 Å². The van der Waals surface area contributed by atoms with Crippen LogP contribution in [0.2, 0.25) is 0 Å². The molecule has 1 aliphatic heterocycles. The predicted molar refractivity (Wildman–Crippen MR) is 127 cm³/mol. The van der Waals surface area contributed by atoms with Gasteiger partial charge in [-0.2, -0.15) is 13.2 Å². The Hall–Kier alpha value is -3.08. The summed E-state index contributed by atoms with van der Waals surface area (Å²) in [4.78, 5) is 28.7. The number of alkyl halides is 3. The van der Waals surface area contributed by atoms with Crippen molar-refractivity contribution in [1.29, 1.82) is 0 Å². The van der Waals surface area contributed by atoms with Gasteiger partial charge < -0.3 is 20.2 Å². The van der Waals surface area contributed by atoms with Gasteiger partial charge >= 0.3 is 11.9 Å². The summed E-state index contributed by atoms with van der Waals surface area (Å²) >= 11 is 1.10. The molecule has 4 aromatic rings. The van der Waals surface area contributed by atoms with Gasteiger partial charge in [-0.25, -0.2) is 14.8 Å². The van der Waals surface area contributed by atoms with Gasteiger partial charge in [0.15, 0.2) is 0 Å². The molecule has 3 aromatic heterocycles. The van der Waals surface area contributed by atoms with Crippen molar-refractivity contribution < 1.29 is 13.2 Å². The number of imidazole rings is 1. The van der Waals surface area contributed by atoms with E-state index in [4.69, 9.17) is 0 Å². The fraction of sp³-hybridized carbons (Fsp3) is 0.435. The van der Waals surface area contributed by atoms with Crippen LogP contribution in [0.3, 0.4) is 0 Å². The molecule has 1 saturated carbocycles. The number of fused-ring (bicyclic) bond motifs is 2. The number of anilines is 2. The van der Waals surface area contributed by atoms with E-state index in [2.05, 4.69) is 30.2 Å². The zero-order chi connectivity index (χ0) is 23.5. The topological polar surface area (TPSA) is 89.7 Å². The smallest absolute Gasteiger partial charge is 0.385 e. The molecule has 3 N–H and O–H groups in total. The summed E-state index contributed by atoms with van der Waals surface area (Å²) in [6.45, 7) is 2.59. The number of nitrogens with one attached hydrogen (secondary N) is 3. The van der Waals surface area contributed by atoms with Crippen LogP contribution in [0.1, 0.15) is 24.1 Å². The number of aromatic amines is 2. The Morgan fingerprint density at radius 3 is 2.82 bits per heavy atom. The van der Waals surface area contributed by atoms with Crippen molar-refractivity contribution >= 4 is 44.1 Å². The lowest BCUT2D eigenvalue weighted by Crippen LogP contribution is -2.42. The van der Waals surface area contributed by atoms with Gasteiger partial charge in [-0.3, -0.25) is 0 Å². The number of aromatic nitrogens is 4. The molecule has 1 aromatic carbocycles. The van der Waals surface area contributed by atoms with Crippen molar-refractivity contribution in [2.24, 2.45) is 11.3 Å². The van der Waals surface area contributed by atoms with Crippen LogP contribution in [0.15, 0.2) is 35.4 Å². The average molecular weight is 489 g/mol. The number of thiophene rings is 1. The Balaban J connectivity index is 1.09. The largest absolute Gasteiger partial charge is 0.393 e. The van der Waals surface area contributed by atoms with Crippen LogP contribution in [0.25, 0.3) is 21.3 Å². The highest BCUT2D eigenvalue weighted by Crippen LogP contribution is 2.52. The lowest BCUT2D eigenvalue weighted by Gasteiger charge is -2.45. The number of hydrogen-bond acceptors (Lipinski definition) is 6. The molecule has 0 radical (unpaired) electrons. The van der Waals surface area contributed by atoms with E-state index in [0.29, 0.717) is 10.7 Å². The number of H-pyrrole nitrogens is 2. The molecular formula is C23H23F3N6OS. The first kappa shape index (κ1) is 21.5. The maximum atomic E-state index is 12.8. The Morgan fingerprint density at radius 2 is 2.00 bits per heavy atom. The molecule has 1 aliphatic carbocycles. The maximum Gasteiger partial charge on any atom is 0.393 e. The highest BCUT2D eigenvalue weighted by molar-refractivity contribution is 7.18. The van der Waals surface area contributed by atoms with Crippen LogP contribution in [0.4, 0.5) is 24.7 Å². The summed E-state index contributed by atoms with van der Waals surface area (Å²) in [5.41, 5.74) is 2.59. The Labute approximate surface area is 196 Å². The molecule has 34 heavy (non-hydrogen) atoms. The number of benzene rings is 1. The highest BCUT2D eigenvalue weighted by atomic mass is 32.1. The number of rotatable bonds is 5. The minimum Gasteiger partial charge on any atom is -0.385 e. The zero-order valence-corrected chi connectivity index (χ0v) is 19.0. The van der Waals surface area contributed by atoms with Crippen LogP contribution in [-0.2, 0) is 6.42 Å². The summed E-state index contributed by atoms with van der Waals surface area (Å²) < 4.78 is 38.5. The summed E-state index contributed by atoms with van der Waals surface area (Å²) in [5, 5.41) is 4.20. The average Bonchev–Trinajstić information content (AvgIpc) is 3.44. The van der Waals surface area contributed by atoms with Gasteiger partial charge in [-0.15, -0.1) is 11.3 Å². The van der Waals surface area contributed by atoms with Crippen molar-refractivity contribution in [2.75, 3.05) is 29.9 Å². The second-order valence-electron chi connectivity index (χ2n) is 9.59. The van der Waals surface area contributed by atoms with Crippen molar-refractivity contribution in [3.63, 3.8) is 0 Å². The third-order valence-corrected chi connectivity index (χ3v) is 8.07. The van der Waals surface area contributed by atoms with E-state index in [1.165, 1.54) is 6.33 Å². The Bertz CT molecular complexity index is 1420. The molecule has 4 heterocycles. The van der Waals surface area contributed by atoms with E-state index < -0.39 is 12.6 Å². The van der Waals surface area contributed by atoms with E-state index in [9.17, 15) is 18.0 Å². The van der Waals surface area contributed by atoms with E-state index in [-0.39, 0.29) is 16.0 Å². The molecule has 0 bridgehead atoms. The quantitative estimate of drug-likeness (QED) is 0.380. The summed E-state index contributed by atoms with van der Waals surface area (Å²) in [7, 11) is 0. The second-order valence-corrected chi connectivity index (χ2v) is 10.7. The van der Waals surface area contributed by atoms with Crippen molar-refractivity contribution in [3.05, 3.63) is 46.0 Å². The first-order valence-electron chi connectivity index (χ1n) is 11.3. The van der Waals surface area contributed by atoms with E-state index in [1.54, 1.807) is 6.07 Å². The molecule has 2 aliphatic rings. The number of halogens is 3. The van der Waals surface area contributed by atoms with Crippen molar-refractivity contribution in [1.82, 2.24) is 19.9 Å². The zero-order valence-electron chi connectivity index (χ0n) is 18.2. The maximum absolute atomic E-state index is 12.8. The third kappa shape index (κ3) is 4.02. The molecule has 178 valence electrons. The fourth-order valence-electron chi connectivity index (χ4n) is 5.59. The fourth-order valence-corrected chi connectivity index (χ4v) is 6.61. The van der Waals surface area contributed by atoms with Crippen molar-refractivity contribution in [3.8, 4) is 0 Å². The van der Waals surface area contributed by atoms with Gasteiger partial charge in [-0.1, -0.05) is 0 Å². The minimum absolute atomic E-state index is 0.209. The lowest BCUT2D eigenvalue weighted by molar-refractivity contribution is -0.126. The summed E-state index contributed by atoms with van der Waals surface area (Å²) in [6, 6.07) is 7.40. The predicted octanol–water partition coefficient (Wildman–Crippen LogP) is 4.68. The molecular weight excluding hydrogens is 465 g/mol. The second kappa shape index (κ2) is 7.72. The van der Waals surface area contributed by atoms with Gasteiger partial charge in [0.1, 0.15) is 17.0 Å². The standard InChI is InChI=1S/C23H23F3N6OS/c24-23(25,26)9-15-6-16-19(28-12-29-20(16)34-15)32-4-3-22(11-32)7-13(8-22)10-27-14-1-2-17-18(5-14)31-21(33)30-17/h1-2,5-6,12-13,27H,3-4,7-11H2,(H2,30,31,33).